The molecule has 0 saturated heterocycles. The lowest BCUT2D eigenvalue weighted by molar-refractivity contribution is -0.143. The van der Waals surface area contributed by atoms with Gasteiger partial charge >= 0.3 is 12.1 Å². The van der Waals surface area contributed by atoms with Crippen molar-refractivity contribution in [2.24, 2.45) is 5.92 Å². The molecule has 2 aromatic rings. The summed E-state index contributed by atoms with van der Waals surface area (Å²) in [5, 5.41) is 14.9. The molecule has 180 valence electrons. The first-order valence-electron chi connectivity index (χ1n) is 12.1. The highest BCUT2D eigenvalue weighted by atomic mass is 16.5. The van der Waals surface area contributed by atoms with Crippen molar-refractivity contribution in [1.82, 2.24) is 10.6 Å². The number of carbonyl (C=O) groups is 3. The minimum absolute atomic E-state index is 0.0837. The van der Waals surface area contributed by atoms with Gasteiger partial charge in [0.1, 0.15) is 18.2 Å². The molecule has 0 bridgehead atoms. The first-order chi connectivity index (χ1) is 16.4. The minimum atomic E-state index is -1.24. The van der Waals surface area contributed by atoms with Crippen LogP contribution in [0.15, 0.2) is 48.5 Å². The topological polar surface area (TPSA) is 105 Å². The largest absolute Gasteiger partial charge is 0.480 e. The number of fused-ring (bicyclic) bond motifs is 3. The van der Waals surface area contributed by atoms with E-state index < -0.39 is 29.6 Å². The predicted molar refractivity (Wildman–Crippen MR) is 128 cm³/mol. The fourth-order valence-corrected chi connectivity index (χ4v) is 4.84. The quantitative estimate of drug-likeness (QED) is 0.482. The number of hydrogen-bond acceptors (Lipinski definition) is 4. The van der Waals surface area contributed by atoms with E-state index in [-0.39, 0.29) is 12.5 Å². The van der Waals surface area contributed by atoms with E-state index in [0.717, 1.165) is 35.1 Å². The molecule has 1 unspecified atom stereocenters. The summed E-state index contributed by atoms with van der Waals surface area (Å²) in [6.45, 7) is 3.73. The van der Waals surface area contributed by atoms with Crippen molar-refractivity contribution in [1.29, 1.82) is 0 Å². The van der Waals surface area contributed by atoms with Gasteiger partial charge in [0.2, 0.25) is 5.91 Å². The van der Waals surface area contributed by atoms with Crippen LogP contribution in [0.2, 0.25) is 0 Å². The maximum absolute atomic E-state index is 13.1. The van der Waals surface area contributed by atoms with Gasteiger partial charge in [-0.05, 0) is 47.4 Å². The Balaban J connectivity index is 1.43. The van der Waals surface area contributed by atoms with E-state index in [0.29, 0.717) is 25.2 Å². The Labute approximate surface area is 199 Å². The second-order valence-electron chi connectivity index (χ2n) is 9.28. The molecular weight excluding hydrogens is 432 g/mol. The molecule has 2 aromatic carbocycles. The normalized spacial score (nSPS) is 15.7. The zero-order valence-electron chi connectivity index (χ0n) is 19.7. The number of benzene rings is 2. The van der Waals surface area contributed by atoms with Gasteiger partial charge in [-0.25, -0.2) is 9.59 Å². The van der Waals surface area contributed by atoms with Gasteiger partial charge in [0.25, 0.3) is 0 Å². The van der Waals surface area contributed by atoms with Crippen LogP contribution in [0.25, 0.3) is 11.1 Å². The summed E-state index contributed by atoms with van der Waals surface area (Å²) in [4.78, 5) is 37.6. The monoisotopic (exact) mass is 464 g/mol. The summed E-state index contributed by atoms with van der Waals surface area (Å²) in [6, 6.07) is 15.2. The van der Waals surface area contributed by atoms with Crippen LogP contribution in [0.5, 0.6) is 0 Å². The predicted octanol–water partition coefficient (Wildman–Crippen LogP) is 4.45. The summed E-state index contributed by atoms with van der Waals surface area (Å²) in [6.07, 6.45) is 2.34. The van der Waals surface area contributed by atoms with E-state index >= 15 is 0 Å². The average molecular weight is 465 g/mol. The number of amides is 2. The van der Waals surface area contributed by atoms with Gasteiger partial charge < -0.3 is 20.5 Å². The standard InChI is InChI=1S/C27H32N2O5/c1-3-27(4-2,25(32)28-23(24(30)31)15-17-13-14-17)29-26(33)34-16-22-20-11-7-5-9-18(20)19-10-6-8-12-21(19)22/h5-12,17,22-23H,3-4,13-16H2,1-2H3,(H,28,32)(H,29,33)(H,30,31). The van der Waals surface area contributed by atoms with Crippen LogP contribution in [0.1, 0.15) is 63.0 Å². The molecule has 0 spiro atoms. The number of nitrogens with one attached hydrogen (secondary N) is 2. The van der Waals surface area contributed by atoms with Crippen molar-refractivity contribution in [3.63, 3.8) is 0 Å². The van der Waals surface area contributed by atoms with Crippen LogP contribution in [-0.4, -0.2) is 41.3 Å². The fourth-order valence-electron chi connectivity index (χ4n) is 4.84. The van der Waals surface area contributed by atoms with Crippen molar-refractivity contribution in [2.75, 3.05) is 6.61 Å². The highest BCUT2D eigenvalue weighted by molar-refractivity contribution is 5.92. The van der Waals surface area contributed by atoms with Crippen molar-refractivity contribution in [3.05, 3.63) is 59.7 Å². The van der Waals surface area contributed by atoms with E-state index in [4.69, 9.17) is 4.74 Å². The Morgan fingerprint density at radius 3 is 2.06 bits per heavy atom. The molecule has 2 aliphatic rings. The number of hydrogen-bond donors (Lipinski definition) is 3. The van der Waals surface area contributed by atoms with Gasteiger partial charge in [0.05, 0.1) is 0 Å². The van der Waals surface area contributed by atoms with E-state index in [2.05, 4.69) is 22.8 Å². The molecule has 2 aliphatic carbocycles. The van der Waals surface area contributed by atoms with Gasteiger partial charge in [-0.3, -0.25) is 4.79 Å². The molecule has 0 aromatic heterocycles. The summed E-state index contributed by atoms with van der Waals surface area (Å²) >= 11 is 0. The van der Waals surface area contributed by atoms with Gasteiger partial charge in [-0.1, -0.05) is 75.2 Å². The first-order valence-corrected chi connectivity index (χ1v) is 12.1. The second-order valence-corrected chi connectivity index (χ2v) is 9.28. The molecule has 1 saturated carbocycles. The highest BCUT2D eigenvalue weighted by Crippen LogP contribution is 2.44. The van der Waals surface area contributed by atoms with Gasteiger partial charge in [0, 0.05) is 5.92 Å². The molecule has 1 atom stereocenters. The molecule has 4 rings (SSSR count). The van der Waals surface area contributed by atoms with Crippen LogP contribution < -0.4 is 10.6 Å². The average Bonchev–Trinajstić information content (AvgIpc) is 3.61. The van der Waals surface area contributed by atoms with E-state index in [1.165, 1.54) is 0 Å². The number of rotatable bonds is 10. The summed E-state index contributed by atoms with van der Waals surface area (Å²) in [7, 11) is 0. The lowest BCUT2D eigenvalue weighted by Gasteiger charge is -2.32. The van der Waals surface area contributed by atoms with Crippen molar-refractivity contribution >= 4 is 18.0 Å². The summed E-state index contributed by atoms with van der Waals surface area (Å²) in [5.41, 5.74) is 3.25. The van der Waals surface area contributed by atoms with E-state index in [1.807, 2.05) is 36.4 Å². The zero-order chi connectivity index (χ0) is 24.3. The third-order valence-corrected chi connectivity index (χ3v) is 7.20. The SMILES string of the molecule is CCC(CC)(NC(=O)OCC1c2ccccc2-c2ccccc21)C(=O)NC(CC1CC1)C(=O)O. The molecule has 0 heterocycles. The maximum Gasteiger partial charge on any atom is 0.408 e. The van der Waals surface area contributed by atoms with Crippen LogP contribution >= 0.6 is 0 Å². The molecule has 3 N–H and O–H groups in total. The van der Waals surface area contributed by atoms with Crippen LogP contribution in [-0.2, 0) is 14.3 Å². The Bertz CT molecular complexity index is 1030. The second kappa shape index (κ2) is 9.87. The zero-order valence-corrected chi connectivity index (χ0v) is 19.7. The molecule has 0 radical (unpaired) electrons. The number of alkyl carbamates (subject to hydrolysis) is 1. The third kappa shape index (κ3) is 4.79. The minimum Gasteiger partial charge on any atom is -0.480 e. The summed E-state index contributed by atoms with van der Waals surface area (Å²) < 4.78 is 5.63. The number of carboxylic acids is 1. The van der Waals surface area contributed by atoms with E-state index in [9.17, 15) is 19.5 Å². The van der Waals surface area contributed by atoms with E-state index in [1.54, 1.807) is 13.8 Å². The Morgan fingerprint density at radius 2 is 1.56 bits per heavy atom. The smallest absolute Gasteiger partial charge is 0.408 e. The number of carboxylic acid groups (broad SMARTS) is 1. The Hall–Kier alpha value is -3.35. The molecule has 34 heavy (non-hydrogen) atoms. The van der Waals surface area contributed by atoms with Crippen molar-refractivity contribution in [3.8, 4) is 11.1 Å². The molecule has 0 aliphatic heterocycles. The molecule has 7 nitrogen and oxygen atoms in total. The van der Waals surface area contributed by atoms with Crippen molar-refractivity contribution in [2.45, 2.75) is 63.5 Å². The number of ether oxygens (including phenoxy) is 1. The molecule has 7 heteroatoms. The lowest BCUT2D eigenvalue weighted by atomic mass is 9.91. The van der Waals surface area contributed by atoms with Gasteiger partial charge in [-0.2, -0.15) is 0 Å². The van der Waals surface area contributed by atoms with Crippen LogP contribution in [0.3, 0.4) is 0 Å². The lowest BCUT2D eigenvalue weighted by Crippen LogP contribution is -2.60. The molecule has 2 amide bonds. The Kier molecular flexibility index (Phi) is 6.91. The highest BCUT2D eigenvalue weighted by Gasteiger charge is 2.40. The molecule has 1 fully saturated rings. The van der Waals surface area contributed by atoms with Crippen LogP contribution in [0.4, 0.5) is 4.79 Å². The van der Waals surface area contributed by atoms with Gasteiger partial charge in [-0.15, -0.1) is 0 Å². The van der Waals surface area contributed by atoms with Crippen LogP contribution in [0, 0.1) is 5.92 Å². The Morgan fingerprint density at radius 1 is 1.00 bits per heavy atom. The van der Waals surface area contributed by atoms with Crippen molar-refractivity contribution < 1.29 is 24.2 Å². The number of carbonyl (C=O) groups excluding carboxylic acids is 2. The van der Waals surface area contributed by atoms with Gasteiger partial charge in [0.15, 0.2) is 0 Å². The summed E-state index contributed by atoms with van der Waals surface area (Å²) in [5.74, 6) is -1.28. The fraction of sp³-hybridized carbons (Fsp3) is 0.444. The number of aliphatic carboxylic acids is 1. The first kappa shape index (κ1) is 23.8. The molecular formula is C27H32N2O5. The third-order valence-electron chi connectivity index (χ3n) is 7.20. The maximum atomic E-state index is 13.1.